The molecule has 0 aliphatic carbocycles. The van der Waals surface area contributed by atoms with Gasteiger partial charge in [0.2, 0.25) is 0 Å². The largest absolute Gasteiger partial charge is 0.297 e. The molecule has 0 aromatic carbocycles. The predicted molar refractivity (Wildman–Crippen MR) is 54.5 cm³/mol. The molecule has 0 amide bonds. The summed E-state index contributed by atoms with van der Waals surface area (Å²) in [6.45, 7) is 3.92. The molecule has 0 unspecified atom stereocenters. The molecule has 0 atom stereocenters. The Labute approximate surface area is 85.2 Å². The van der Waals surface area contributed by atoms with Gasteiger partial charge in [-0.05, 0) is 26.7 Å². The first-order valence-electron chi connectivity index (χ1n) is 4.78. The molecule has 5 heteroatoms. The van der Waals surface area contributed by atoms with Crippen LogP contribution in [-0.2, 0) is 9.84 Å². The summed E-state index contributed by atoms with van der Waals surface area (Å²) < 4.78 is 22.4. The van der Waals surface area contributed by atoms with Crippen molar-refractivity contribution in [2.45, 2.75) is 38.3 Å². The van der Waals surface area contributed by atoms with Crippen molar-refractivity contribution in [3.05, 3.63) is 0 Å². The molecule has 0 aromatic heterocycles. The van der Waals surface area contributed by atoms with E-state index in [2.05, 4.69) is 11.4 Å². The van der Waals surface area contributed by atoms with Gasteiger partial charge in [0.15, 0.2) is 9.84 Å². The van der Waals surface area contributed by atoms with Crippen LogP contribution in [0.3, 0.4) is 0 Å². The van der Waals surface area contributed by atoms with Crippen LogP contribution in [-0.4, -0.2) is 31.5 Å². The van der Waals surface area contributed by atoms with E-state index < -0.39 is 15.4 Å². The van der Waals surface area contributed by atoms with Crippen LogP contribution in [0.15, 0.2) is 0 Å². The Kier molecular flexibility index (Phi) is 3.17. The van der Waals surface area contributed by atoms with Crippen molar-refractivity contribution in [2.24, 2.45) is 0 Å². The molecule has 0 bridgehead atoms. The van der Waals surface area contributed by atoms with Gasteiger partial charge in [0, 0.05) is 6.04 Å². The van der Waals surface area contributed by atoms with E-state index in [0.717, 1.165) is 0 Å². The molecule has 1 aliphatic rings. The molecule has 0 saturated carbocycles. The number of rotatable bonds is 2. The molecule has 1 rings (SSSR count). The Morgan fingerprint density at radius 3 is 2.21 bits per heavy atom. The lowest BCUT2D eigenvalue weighted by atomic mass is 9.93. The first-order valence-corrected chi connectivity index (χ1v) is 6.61. The minimum atomic E-state index is -2.89. The zero-order valence-electron chi connectivity index (χ0n) is 8.58. The molecule has 1 fully saturated rings. The fraction of sp³-hybridized carbons (Fsp3) is 0.889. The summed E-state index contributed by atoms with van der Waals surface area (Å²) in [5.41, 5.74) is -0.626. The van der Waals surface area contributed by atoms with E-state index >= 15 is 0 Å². The van der Waals surface area contributed by atoms with E-state index in [4.69, 9.17) is 5.26 Å². The highest BCUT2D eigenvalue weighted by molar-refractivity contribution is 7.91. The van der Waals surface area contributed by atoms with Crippen LogP contribution in [0.2, 0.25) is 0 Å². The third-order valence-electron chi connectivity index (χ3n) is 2.46. The SMILES string of the molecule is CC(C)NC1(C#N)CCS(=O)(=O)CC1. The number of nitrogens with zero attached hydrogens (tertiary/aromatic N) is 1. The van der Waals surface area contributed by atoms with E-state index in [-0.39, 0.29) is 17.5 Å². The number of nitrogens with one attached hydrogen (secondary N) is 1. The molecule has 0 spiro atoms. The summed E-state index contributed by atoms with van der Waals surface area (Å²) in [4.78, 5) is 0. The van der Waals surface area contributed by atoms with Gasteiger partial charge in [-0.25, -0.2) is 8.42 Å². The summed E-state index contributed by atoms with van der Waals surface area (Å²) >= 11 is 0. The molecule has 0 aromatic rings. The maximum atomic E-state index is 11.2. The third-order valence-corrected chi connectivity index (χ3v) is 4.11. The Balaban J connectivity index is 2.72. The van der Waals surface area contributed by atoms with E-state index in [1.54, 1.807) is 0 Å². The van der Waals surface area contributed by atoms with Crippen LogP contribution in [0.4, 0.5) is 0 Å². The van der Waals surface area contributed by atoms with Crippen molar-refractivity contribution in [2.75, 3.05) is 11.5 Å². The number of nitriles is 1. The van der Waals surface area contributed by atoms with Gasteiger partial charge in [-0.15, -0.1) is 0 Å². The van der Waals surface area contributed by atoms with Crippen LogP contribution in [0.5, 0.6) is 0 Å². The maximum Gasteiger partial charge on any atom is 0.150 e. The minimum absolute atomic E-state index is 0.125. The third kappa shape index (κ3) is 2.69. The van der Waals surface area contributed by atoms with Crippen LogP contribution in [0.25, 0.3) is 0 Å². The smallest absolute Gasteiger partial charge is 0.150 e. The second-order valence-corrected chi connectivity index (χ2v) is 6.45. The van der Waals surface area contributed by atoms with Crippen LogP contribution in [0.1, 0.15) is 26.7 Å². The average molecular weight is 216 g/mol. The van der Waals surface area contributed by atoms with Crippen molar-refractivity contribution >= 4 is 9.84 Å². The van der Waals surface area contributed by atoms with E-state index in [1.165, 1.54) is 0 Å². The Morgan fingerprint density at radius 2 is 1.86 bits per heavy atom. The quantitative estimate of drug-likeness (QED) is 0.728. The molecule has 1 N–H and O–H groups in total. The summed E-state index contributed by atoms with van der Waals surface area (Å²) in [6.07, 6.45) is 0.814. The topological polar surface area (TPSA) is 70.0 Å². The molecule has 1 heterocycles. The predicted octanol–water partition coefficient (Wildman–Crippen LogP) is 0.455. The Morgan fingerprint density at radius 1 is 1.36 bits per heavy atom. The van der Waals surface area contributed by atoms with Crippen molar-refractivity contribution in [1.29, 1.82) is 5.26 Å². The fourth-order valence-electron chi connectivity index (χ4n) is 1.73. The minimum Gasteiger partial charge on any atom is -0.297 e. The van der Waals surface area contributed by atoms with Crippen LogP contribution < -0.4 is 5.32 Å². The van der Waals surface area contributed by atoms with Gasteiger partial charge in [0.25, 0.3) is 0 Å². The summed E-state index contributed by atoms with van der Waals surface area (Å²) in [7, 11) is -2.89. The van der Waals surface area contributed by atoms with E-state index in [9.17, 15) is 8.42 Å². The molecule has 0 radical (unpaired) electrons. The lowest BCUT2D eigenvalue weighted by Crippen LogP contribution is -2.52. The van der Waals surface area contributed by atoms with Gasteiger partial charge in [0.1, 0.15) is 5.54 Å². The van der Waals surface area contributed by atoms with Crippen molar-refractivity contribution in [3.63, 3.8) is 0 Å². The second-order valence-electron chi connectivity index (χ2n) is 4.14. The summed E-state index contributed by atoms with van der Waals surface area (Å²) in [5, 5.41) is 12.2. The first-order chi connectivity index (χ1) is 6.39. The van der Waals surface area contributed by atoms with Crippen molar-refractivity contribution in [3.8, 4) is 6.07 Å². The molecule has 1 aliphatic heterocycles. The number of hydrogen-bond donors (Lipinski definition) is 1. The summed E-state index contributed by atoms with van der Waals surface area (Å²) in [6, 6.07) is 2.42. The Hall–Kier alpha value is -0.600. The fourth-order valence-corrected chi connectivity index (χ4v) is 3.25. The van der Waals surface area contributed by atoms with Gasteiger partial charge >= 0.3 is 0 Å². The zero-order chi connectivity index (χ0) is 10.8. The summed E-state index contributed by atoms with van der Waals surface area (Å²) in [5.74, 6) is 0.251. The van der Waals surface area contributed by atoms with Crippen LogP contribution >= 0.6 is 0 Å². The molecule has 80 valence electrons. The van der Waals surface area contributed by atoms with Gasteiger partial charge < -0.3 is 0 Å². The molecule has 1 saturated heterocycles. The number of sulfone groups is 1. The standard InChI is InChI=1S/C9H16N2O2S/c1-8(2)11-9(7-10)3-5-14(12,13)6-4-9/h8,11H,3-6H2,1-2H3. The lowest BCUT2D eigenvalue weighted by molar-refractivity contribution is 0.346. The van der Waals surface area contributed by atoms with Crippen LogP contribution in [0, 0.1) is 11.3 Å². The molecular weight excluding hydrogens is 200 g/mol. The average Bonchev–Trinajstić information content (AvgIpc) is 2.09. The highest BCUT2D eigenvalue weighted by Crippen LogP contribution is 2.23. The lowest BCUT2D eigenvalue weighted by Gasteiger charge is -2.33. The van der Waals surface area contributed by atoms with Gasteiger partial charge in [0.05, 0.1) is 17.6 Å². The second kappa shape index (κ2) is 3.87. The monoisotopic (exact) mass is 216 g/mol. The van der Waals surface area contributed by atoms with Gasteiger partial charge in [-0.2, -0.15) is 5.26 Å². The normalized spacial score (nSPS) is 24.4. The van der Waals surface area contributed by atoms with Gasteiger partial charge in [-0.3, -0.25) is 5.32 Å². The highest BCUT2D eigenvalue weighted by Gasteiger charge is 2.37. The van der Waals surface area contributed by atoms with Crippen molar-refractivity contribution < 1.29 is 8.42 Å². The van der Waals surface area contributed by atoms with Crippen molar-refractivity contribution in [1.82, 2.24) is 5.32 Å². The first kappa shape index (κ1) is 11.5. The van der Waals surface area contributed by atoms with Gasteiger partial charge in [-0.1, -0.05) is 0 Å². The number of hydrogen-bond acceptors (Lipinski definition) is 4. The molecule has 4 nitrogen and oxygen atoms in total. The maximum absolute atomic E-state index is 11.2. The molecular formula is C9H16N2O2S. The molecule has 14 heavy (non-hydrogen) atoms. The Bertz CT molecular complexity index is 326. The highest BCUT2D eigenvalue weighted by atomic mass is 32.2. The zero-order valence-corrected chi connectivity index (χ0v) is 9.39. The van der Waals surface area contributed by atoms with E-state index in [0.29, 0.717) is 12.8 Å². The van der Waals surface area contributed by atoms with E-state index in [1.807, 2.05) is 13.8 Å².